The lowest BCUT2D eigenvalue weighted by Gasteiger charge is -2.29. The summed E-state index contributed by atoms with van der Waals surface area (Å²) in [4.78, 5) is 27.5. The van der Waals surface area contributed by atoms with E-state index in [1.165, 1.54) is 0 Å². The summed E-state index contributed by atoms with van der Waals surface area (Å²) >= 11 is 0. The lowest BCUT2D eigenvalue weighted by atomic mass is 9.78. The molecular weight excluding hydrogens is 349 g/mol. The fourth-order valence-corrected chi connectivity index (χ4v) is 2.56. The monoisotopic (exact) mass is 366 g/mol. The maximum absolute atomic E-state index is 12.5. The maximum Gasteiger partial charge on any atom is 0.417 e. The van der Waals surface area contributed by atoms with E-state index in [1.807, 2.05) is 0 Å². The molecule has 1 atom stereocenters. The van der Waals surface area contributed by atoms with E-state index in [-0.39, 0.29) is 18.7 Å². The molecule has 0 radical (unpaired) electrons. The highest BCUT2D eigenvalue weighted by Crippen LogP contribution is 2.29. The van der Waals surface area contributed by atoms with Crippen LogP contribution in [0.15, 0.2) is 48.7 Å². The highest BCUT2D eigenvalue weighted by molar-refractivity contribution is 5.93. The van der Waals surface area contributed by atoms with Gasteiger partial charge in [0, 0.05) is 12.7 Å². The first-order valence-corrected chi connectivity index (χ1v) is 7.81. The van der Waals surface area contributed by atoms with Gasteiger partial charge in [-0.25, -0.2) is 0 Å². The van der Waals surface area contributed by atoms with E-state index in [2.05, 4.69) is 10.3 Å². The van der Waals surface area contributed by atoms with Gasteiger partial charge in [-0.2, -0.15) is 13.2 Å². The number of carbonyl (C=O) groups excluding carboxylic acids is 1. The molecule has 0 fully saturated rings. The van der Waals surface area contributed by atoms with Crippen molar-refractivity contribution < 1.29 is 27.9 Å². The summed E-state index contributed by atoms with van der Waals surface area (Å²) in [6.45, 7) is 1.47. The number of nitrogens with zero attached hydrogens (tertiary/aromatic N) is 1. The number of aliphatic carboxylic acids is 1. The molecule has 138 valence electrons. The standard InChI is InChI=1S/C18H17F3N2O3/c1-2-17(16(25)26,12-6-4-3-5-7-12)11-23-15(24)14-9-8-13(10-22-14)18(19,20)21/h3-10H,2,11H2,1H3,(H,23,24)(H,25,26). The van der Waals surface area contributed by atoms with Crippen molar-refractivity contribution in [2.24, 2.45) is 0 Å². The summed E-state index contributed by atoms with van der Waals surface area (Å²) in [6.07, 6.45) is -3.76. The number of benzene rings is 1. The van der Waals surface area contributed by atoms with E-state index >= 15 is 0 Å². The van der Waals surface area contributed by atoms with Crippen LogP contribution in [0.25, 0.3) is 0 Å². The number of carboxylic acid groups (broad SMARTS) is 1. The largest absolute Gasteiger partial charge is 0.481 e. The first kappa shape index (κ1) is 19.4. The van der Waals surface area contributed by atoms with Crippen LogP contribution in [0.2, 0.25) is 0 Å². The minimum Gasteiger partial charge on any atom is -0.481 e. The van der Waals surface area contributed by atoms with Gasteiger partial charge in [0.05, 0.1) is 5.56 Å². The molecule has 1 amide bonds. The number of alkyl halides is 3. The van der Waals surface area contributed by atoms with E-state index < -0.39 is 29.0 Å². The number of carbonyl (C=O) groups is 2. The minimum absolute atomic E-state index is 0.215. The van der Waals surface area contributed by atoms with Gasteiger partial charge in [-0.05, 0) is 24.1 Å². The van der Waals surface area contributed by atoms with Crippen molar-refractivity contribution in [3.63, 3.8) is 0 Å². The van der Waals surface area contributed by atoms with Crippen LogP contribution in [-0.2, 0) is 16.4 Å². The summed E-state index contributed by atoms with van der Waals surface area (Å²) in [5.74, 6) is -1.85. The Bertz CT molecular complexity index is 777. The second kappa shape index (κ2) is 7.55. The van der Waals surface area contributed by atoms with Gasteiger partial charge in [0.2, 0.25) is 0 Å². The van der Waals surface area contributed by atoms with E-state index in [4.69, 9.17) is 0 Å². The molecule has 1 unspecified atom stereocenters. The van der Waals surface area contributed by atoms with Crippen molar-refractivity contribution in [3.8, 4) is 0 Å². The Hall–Kier alpha value is -2.90. The average molecular weight is 366 g/mol. The Morgan fingerprint density at radius 3 is 2.19 bits per heavy atom. The zero-order valence-corrected chi connectivity index (χ0v) is 13.9. The average Bonchev–Trinajstić information content (AvgIpc) is 2.62. The van der Waals surface area contributed by atoms with Crippen LogP contribution in [0.5, 0.6) is 0 Å². The molecule has 0 spiro atoms. The lowest BCUT2D eigenvalue weighted by molar-refractivity contribution is -0.144. The van der Waals surface area contributed by atoms with Gasteiger partial charge in [-0.15, -0.1) is 0 Å². The number of rotatable bonds is 6. The number of aromatic nitrogens is 1. The van der Waals surface area contributed by atoms with Crippen LogP contribution in [0.3, 0.4) is 0 Å². The molecule has 1 heterocycles. The lowest BCUT2D eigenvalue weighted by Crippen LogP contribution is -2.46. The second-order valence-electron chi connectivity index (χ2n) is 5.72. The first-order valence-electron chi connectivity index (χ1n) is 7.81. The van der Waals surface area contributed by atoms with Crippen molar-refractivity contribution in [2.45, 2.75) is 24.9 Å². The zero-order chi connectivity index (χ0) is 19.4. The second-order valence-corrected chi connectivity index (χ2v) is 5.72. The fourth-order valence-electron chi connectivity index (χ4n) is 2.56. The topological polar surface area (TPSA) is 79.3 Å². The van der Waals surface area contributed by atoms with Crippen LogP contribution < -0.4 is 5.32 Å². The zero-order valence-electron chi connectivity index (χ0n) is 13.9. The van der Waals surface area contributed by atoms with Gasteiger partial charge in [0.15, 0.2) is 0 Å². The molecule has 2 aromatic rings. The molecule has 5 nitrogen and oxygen atoms in total. The maximum atomic E-state index is 12.5. The molecule has 2 rings (SSSR count). The Labute approximate surface area is 147 Å². The normalized spacial score (nSPS) is 13.7. The van der Waals surface area contributed by atoms with Gasteiger partial charge < -0.3 is 10.4 Å². The quantitative estimate of drug-likeness (QED) is 0.822. The summed E-state index contributed by atoms with van der Waals surface area (Å²) < 4.78 is 37.6. The number of halogens is 3. The molecule has 0 saturated carbocycles. The Morgan fingerprint density at radius 1 is 1.08 bits per heavy atom. The van der Waals surface area contributed by atoms with Crippen LogP contribution in [0.1, 0.15) is 35.0 Å². The SMILES string of the molecule is CCC(CNC(=O)c1ccc(C(F)(F)F)cn1)(C(=O)O)c1ccccc1. The number of hydrogen-bond acceptors (Lipinski definition) is 3. The van der Waals surface area contributed by atoms with E-state index in [9.17, 15) is 27.9 Å². The molecule has 1 aromatic heterocycles. The summed E-state index contributed by atoms with van der Waals surface area (Å²) in [6, 6.07) is 10.2. The number of pyridine rings is 1. The molecule has 0 aliphatic rings. The number of nitrogens with one attached hydrogen (secondary N) is 1. The first-order chi connectivity index (χ1) is 12.2. The van der Waals surface area contributed by atoms with Crippen molar-refractivity contribution in [1.29, 1.82) is 0 Å². The molecule has 8 heteroatoms. The van der Waals surface area contributed by atoms with Crippen LogP contribution >= 0.6 is 0 Å². The fraction of sp³-hybridized carbons (Fsp3) is 0.278. The molecule has 1 aromatic carbocycles. The van der Waals surface area contributed by atoms with E-state index in [1.54, 1.807) is 37.3 Å². The number of hydrogen-bond donors (Lipinski definition) is 2. The van der Waals surface area contributed by atoms with Gasteiger partial charge in [-0.1, -0.05) is 37.3 Å². The third kappa shape index (κ3) is 4.01. The van der Waals surface area contributed by atoms with Crippen molar-refractivity contribution in [1.82, 2.24) is 10.3 Å². The Morgan fingerprint density at radius 2 is 1.73 bits per heavy atom. The van der Waals surface area contributed by atoms with E-state index in [0.717, 1.165) is 12.1 Å². The van der Waals surface area contributed by atoms with Crippen LogP contribution in [0.4, 0.5) is 13.2 Å². The molecular formula is C18H17F3N2O3. The van der Waals surface area contributed by atoms with Crippen molar-refractivity contribution in [2.75, 3.05) is 6.54 Å². The summed E-state index contributed by atoms with van der Waals surface area (Å²) in [5.41, 5.74) is -2.01. The molecule has 2 N–H and O–H groups in total. The number of amides is 1. The smallest absolute Gasteiger partial charge is 0.417 e. The highest BCUT2D eigenvalue weighted by Gasteiger charge is 2.39. The molecule has 0 aliphatic heterocycles. The highest BCUT2D eigenvalue weighted by atomic mass is 19.4. The Kier molecular flexibility index (Phi) is 5.64. The third-order valence-electron chi connectivity index (χ3n) is 4.21. The third-order valence-corrected chi connectivity index (χ3v) is 4.21. The van der Waals surface area contributed by atoms with Gasteiger partial charge in [0.25, 0.3) is 5.91 Å². The van der Waals surface area contributed by atoms with Gasteiger partial charge >= 0.3 is 12.1 Å². The van der Waals surface area contributed by atoms with Crippen molar-refractivity contribution >= 4 is 11.9 Å². The summed E-state index contributed by atoms with van der Waals surface area (Å²) in [5, 5.41) is 12.2. The van der Waals surface area contributed by atoms with Crippen LogP contribution in [0, 0.1) is 0 Å². The summed E-state index contributed by atoms with van der Waals surface area (Å²) in [7, 11) is 0. The molecule has 0 saturated heterocycles. The predicted molar refractivity (Wildman–Crippen MR) is 87.6 cm³/mol. The van der Waals surface area contributed by atoms with Crippen LogP contribution in [-0.4, -0.2) is 28.5 Å². The van der Waals surface area contributed by atoms with Gasteiger partial charge in [-0.3, -0.25) is 14.6 Å². The van der Waals surface area contributed by atoms with Crippen molar-refractivity contribution in [3.05, 3.63) is 65.5 Å². The minimum atomic E-state index is -4.55. The molecule has 0 aliphatic carbocycles. The molecule has 0 bridgehead atoms. The van der Waals surface area contributed by atoms with E-state index in [0.29, 0.717) is 11.8 Å². The predicted octanol–water partition coefficient (Wildman–Crippen LogP) is 3.26. The Balaban J connectivity index is 2.19. The molecule has 26 heavy (non-hydrogen) atoms. The number of carboxylic acids is 1. The van der Waals surface area contributed by atoms with Gasteiger partial charge in [0.1, 0.15) is 11.1 Å².